The number of aromatic nitrogens is 3. The summed E-state index contributed by atoms with van der Waals surface area (Å²) in [6.07, 6.45) is -1.01. The Morgan fingerprint density at radius 2 is 1.97 bits per heavy atom. The predicted octanol–water partition coefficient (Wildman–Crippen LogP) is 2.14. The van der Waals surface area contributed by atoms with Crippen molar-refractivity contribution in [2.45, 2.75) is 50.6 Å². The second-order valence-corrected chi connectivity index (χ2v) is 8.91. The normalized spacial score (nSPS) is 19.9. The van der Waals surface area contributed by atoms with Gasteiger partial charge in [-0.25, -0.2) is 10.1 Å². The second-order valence-electron chi connectivity index (χ2n) is 8.91. The maximum atomic E-state index is 13.2. The monoisotopic (exact) mass is 505 g/mol. The number of nitrogens with one attached hydrogen (secondary N) is 2. The van der Waals surface area contributed by atoms with Crippen molar-refractivity contribution >= 4 is 17.4 Å². The molecule has 13 heteroatoms. The van der Waals surface area contributed by atoms with Gasteiger partial charge in [0.15, 0.2) is 0 Å². The average Bonchev–Trinajstić information content (AvgIpc) is 3.22. The zero-order valence-electron chi connectivity index (χ0n) is 19.6. The minimum Gasteiger partial charge on any atom is -0.378 e. The summed E-state index contributed by atoms with van der Waals surface area (Å²) in [6.45, 7) is 3.60. The number of halogens is 3. The van der Waals surface area contributed by atoms with Crippen LogP contribution in [0.1, 0.15) is 37.3 Å². The third-order valence-corrected chi connectivity index (χ3v) is 6.39. The Kier molecular flexibility index (Phi) is 7.44. The lowest BCUT2D eigenvalue weighted by molar-refractivity contribution is -0.139. The van der Waals surface area contributed by atoms with Gasteiger partial charge in [0.1, 0.15) is 23.6 Å². The zero-order chi connectivity index (χ0) is 25.9. The number of carbonyl (C=O) groups is 1. The van der Waals surface area contributed by atoms with Crippen LogP contribution in [0.25, 0.3) is 0 Å². The SMILES string of the molecule is CC(COC1CCN(C2CCN(c3ccc(C#N)cn3)CC2)C1=O)Nc1cn[nH]c(=O)c1C(F)(F)F. The molecule has 0 radical (unpaired) electrons. The van der Waals surface area contributed by atoms with Crippen molar-refractivity contribution in [3.05, 3.63) is 46.0 Å². The fraction of sp³-hybridized carbons (Fsp3) is 0.522. The maximum absolute atomic E-state index is 13.2. The molecule has 2 aromatic heterocycles. The molecule has 4 heterocycles. The van der Waals surface area contributed by atoms with Gasteiger partial charge < -0.3 is 19.9 Å². The molecule has 0 saturated carbocycles. The van der Waals surface area contributed by atoms with E-state index in [9.17, 15) is 22.8 Å². The van der Waals surface area contributed by atoms with Crippen LogP contribution in [-0.4, -0.2) is 70.4 Å². The Bertz CT molecular complexity index is 1170. The first-order valence-corrected chi connectivity index (χ1v) is 11.6. The Labute approximate surface area is 205 Å². The quantitative estimate of drug-likeness (QED) is 0.586. The van der Waals surface area contributed by atoms with Crippen LogP contribution in [-0.2, 0) is 15.7 Å². The number of carbonyl (C=O) groups excluding carboxylic acids is 1. The Hall–Kier alpha value is -3.66. The molecule has 2 atom stereocenters. The van der Waals surface area contributed by atoms with E-state index in [1.54, 1.807) is 24.3 Å². The van der Waals surface area contributed by atoms with E-state index in [2.05, 4.69) is 20.3 Å². The van der Waals surface area contributed by atoms with Crippen LogP contribution >= 0.6 is 0 Å². The second kappa shape index (κ2) is 10.5. The molecule has 10 nitrogen and oxygen atoms in total. The number of nitriles is 1. The molecular formula is C23H26F3N7O3. The van der Waals surface area contributed by atoms with E-state index in [-0.39, 0.29) is 18.6 Å². The topological polar surface area (TPSA) is 127 Å². The first-order valence-electron chi connectivity index (χ1n) is 11.6. The maximum Gasteiger partial charge on any atom is 0.423 e. The van der Waals surface area contributed by atoms with Gasteiger partial charge in [-0.3, -0.25) is 9.59 Å². The van der Waals surface area contributed by atoms with Crippen molar-refractivity contribution < 1.29 is 22.7 Å². The highest BCUT2D eigenvalue weighted by atomic mass is 19.4. The molecule has 2 aliphatic heterocycles. The number of H-pyrrole nitrogens is 1. The van der Waals surface area contributed by atoms with Gasteiger partial charge in [0.2, 0.25) is 0 Å². The number of nitrogens with zero attached hydrogens (tertiary/aromatic N) is 5. The van der Waals surface area contributed by atoms with E-state index in [0.717, 1.165) is 37.9 Å². The third kappa shape index (κ3) is 5.59. The van der Waals surface area contributed by atoms with Crippen molar-refractivity contribution in [3.63, 3.8) is 0 Å². The van der Waals surface area contributed by atoms with Gasteiger partial charge in [-0.15, -0.1) is 0 Å². The Balaban J connectivity index is 1.27. The first-order chi connectivity index (χ1) is 17.2. The lowest BCUT2D eigenvalue weighted by atomic mass is 10.0. The third-order valence-electron chi connectivity index (χ3n) is 6.39. The molecule has 2 unspecified atom stereocenters. The lowest BCUT2D eigenvalue weighted by Gasteiger charge is -2.37. The molecule has 2 aromatic rings. The Morgan fingerprint density at radius 1 is 1.22 bits per heavy atom. The summed E-state index contributed by atoms with van der Waals surface area (Å²) >= 11 is 0. The van der Waals surface area contributed by atoms with E-state index in [4.69, 9.17) is 10.00 Å². The number of pyridine rings is 1. The van der Waals surface area contributed by atoms with Gasteiger partial charge in [-0.05, 0) is 31.9 Å². The molecule has 0 aromatic carbocycles. The van der Waals surface area contributed by atoms with Gasteiger partial charge in [0.05, 0.1) is 24.1 Å². The number of hydrogen-bond donors (Lipinski definition) is 2. The van der Waals surface area contributed by atoms with Gasteiger partial charge in [-0.1, -0.05) is 0 Å². The van der Waals surface area contributed by atoms with Crippen molar-refractivity contribution in [1.29, 1.82) is 5.26 Å². The molecule has 2 fully saturated rings. The number of likely N-dealkylation sites (tertiary alicyclic amines) is 1. The summed E-state index contributed by atoms with van der Waals surface area (Å²) in [7, 11) is 0. The van der Waals surface area contributed by atoms with E-state index < -0.39 is 35.1 Å². The van der Waals surface area contributed by atoms with E-state index in [1.165, 1.54) is 0 Å². The molecule has 192 valence electrons. The molecular weight excluding hydrogens is 479 g/mol. The highest BCUT2D eigenvalue weighted by Gasteiger charge is 2.39. The summed E-state index contributed by atoms with van der Waals surface area (Å²) < 4.78 is 45.4. The number of alkyl halides is 3. The molecule has 0 spiro atoms. The van der Waals surface area contributed by atoms with Gasteiger partial charge in [-0.2, -0.15) is 23.5 Å². The molecule has 36 heavy (non-hydrogen) atoms. The first kappa shape index (κ1) is 25.4. The standard InChI is InChI=1S/C23H26F3N7O3/c1-14(30-17-12-29-31-21(34)20(17)23(24,25)26)13-36-18-6-9-33(22(18)35)16-4-7-32(8-5-16)19-3-2-15(10-27)11-28-19/h2-3,11-12,14,16,18H,4-9,13H2,1H3,(H2,30,31,34). The average molecular weight is 506 g/mol. The van der Waals surface area contributed by atoms with Crippen LogP contribution in [0.4, 0.5) is 24.7 Å². The molecule has 0 bridgehead atoms. The van der Waals surface area contributed by atoms with Crippen LogP contribution in [0.15, 0.2) is 29.3 Å². The molecule has 0 aliphatic carbocycles. The highest BCUT2D eigenvalue weighted by molar-refractivity contribution is 5.83. The van der Waals surface area contributed by atoms with Crippen molar-refractivity contribution in [2.75, 3.05) is 36.5 Å². The number of anilines is 2. The highest BCUT2D eigenvalue weighted by Crippen LogP contribution is 2.32. The largest absolute Gasteiger partial charge is 0.423 e. The number of piperidine rings is 1. The summed E-state index contributed by atoms with van der Waals surface area (Å²) in [4.78, 5) is 32.8. The fourth-order valence-corrected chi connectivity index (χ4v) is 4.59. The Morgan fingerprint density at radius 3 is 2.61 bits per heavy atom. The van der Waals surface area contributed by atoms with Crippen molar-refractivity contribution in [3.8, 4) is 6.07 Å². The zero-order valence-corrected chi connectivity index (χ0v) is 19.6. The number of amides is 1. The van der Waals surface area contributed by atoms with Crippen LogP contribution in [0.2, 0.25) is 0 Å². The van der Waals surface area contributed by atoms with Gasteiger partial charge >= 0.3 is 6.18 Å². The number of rotatable bonds is 7. The molecule has 1 amide bonds. The van der Waals surface area contributed by atoms with Crippen LogP contribution in [0, 0.1) is 11.3 Å². The molecule has 4 rings (SSSR count). The summed E-state index contributed by atoms with van der Waals surface area (Å²) in [6, 6.07) is 5.07. The summed E-state index contributed by atoms with van der Waals surface area (Å²) in [5.74, 6) is 0.679. The fourth-order valence-electron chi connectivity index (χ4n) is 4.59. The minimum atomic E-state index is -4.84. The molecule has 2 aliphatic rings. The summed E-state index contributed by atoms with van der Waals surface area (Å²) in [5, 5.41) is 16.8. The lowest BCUT2D eigenvalue weighted by Crippen LogP contribution is -2.47. The summed E-state index contributed by atoms with van der Waals surface area (Å²) in [5.41, 5.74) is -2.62. The minimum absolute atomic E-state index is 0.0167. The van der Waals surface area contributed by atoms with Gasteiger partial charge in [0.25, 0.3) is 11.5 Å². The van der Waals surface area contributed by atoms with Crippen LogP contribution in [0.3, 0.4) is 0 Å². The van der Waals surface area contributed by atoms with Gasteiger partial charge in [0, 0.05) is 44.3 Å². The predicted molar refractivity (Wildman–Crippen MR) is 123 cm³/mol. The molecule has 2 saturated heterocycles. The van der Waals surface area contributed by atoms with Crippen molar-refractivity contribution in [1.82, 2.24) is 20.1 Å². The van der Waals surface area contributed by atoms with E-state index >= 15 is 0 Å². The van der Waals surface area contributed by atoms with Crippen LogP contribution < -0.4 is 15.8 Å². The smallest absolute Gasteiger partial charge is 0.378 e. The number of hydrogen-bond acceptors (Lipinski definition) is 8. The number of ether oxygens (including phenoxy) is 1. The van der Waals surface area contributed by atoms with Crippen LogP contribution in [0.5, 0.6) is 0 Å². The van der Waals surface area contributed by atoms with Crippen molar-refractivity contribution in [2.24, 2.45) is 0 Å². The molecule has 2 N–H and O–H groups in total. The van der Waals surface area contributed by atoms with E-state index in [1.807, 2.05) is 17.0 Å². The number of aromatic amines is 1. The van der Waals surface area contributed by atoms with E-state index in [0.29, 0.717) is 18.5 Å².